The van der Waals surface area contributed by atoms with Gasteiger partial charge in [0, 0.05) is 31.6 Å². The fraction of sp³-hybridized carbons (Fsp3) is 0.250. The van der Waals surface area contributed by atoms with Crippen LogP contribution in [0.25, 0.3) is 11.1 Å². The third-order valence-corrected chi connectivity index (χ3v) is 5.21. The highest BCUT2D eigenvalue weighted by Gasteiger charge is 2.21. The maximum Gasteiger partial charge on any atom is 0.409 e. The number of benzene rings is 2. The number of nitrogens with zero attached hydrogens (tertiary/aromatic N) is 3. The maximum absolute atomic E-state index is 12.0. The van der Waals surface area contributed by atoms with Gasteiger partial charge in [-0.05, 0) is 53.8 Å². The molecule has 0 spiro atoms. The molecule has 0 aliphatic heterocycles. The maximum atomic E-state index is 12.0. The predicted molar refractivity (Wildman–Crippen MR) is 121 cm³/mol. The van der Waals surface area contributed by atoms with Crippen molar-refractivity contribution in [1.29, 1.82) is 0 Å². The molecule has 1 atom stereocenters. The average molecular weight is 435 g/mol. The minimum Gasteiger partial charge on any atom is -0.491 e. The number of nitro benzene ring substituents is 1. The molecule has 0 N–H and O–H groups in total. The van der Waals surface area contributed by atoms with Crippen molar-refractivity contribution in [3.8, 4) is 16.9 Å². The van der Waals surface area contributed by atoms with Gasteiger partial charge < -0.3 is 14.4 Å². The lowest BCUT2D eigenvalue weighted by Gasteiger charge is -2.27. The second kappa shape index (κ2) is 10.9. The third kappa shape index (κ3) is 6.04. The van der Waals surface area contributed by atoms with Gasteiger partial charge in [0.05, 0.1) is 18.1 Å². The number of hydrogen-bond donors (Lipinski definition) is 0. The molecule has 1 aromatic heterocycles. The van der Waals surface area contributed by atoms with Crippen LogP contribution < -0.4 is 4.74 Å². The van der Waals surface area contributed by atoms with Crippen LogP contribution in [0.5, 0.6) is 5.75 Å². The van der Waals surface area contributed by atoms with Crippen molar-refractivity contribution >= 4 is 11.8 Å². The highest BCUT2D eigenvalue weighted by molar-refractivity contribution is 5.67. The summed E-state index contributed by atoms with van der Waals surface area (Å²) in [6.07, 6.45) is 4.53. The number of nitro groups is 1. The first-order valence-corrected chi connectivity index (χ1v) is 10.2. The number of carbonyl (C=O) groups is 1. The smallest absolute Gasteiger partial charge is 0.409 e. The number of aryl methyl sites for hydroxylation is 1. The minimum absolute atomic E-state index is 0.0470. The standard InChI is InChI=1S/C24H25N3O5/c1-26(24(28)31-2)22(9-6-18-12-14-25-15-13-18)17-32-23-10-7-19(8-11-23)20-4-3-5-21(16-20)27(29)30/h3-5,7-8,10-16,22H,6,9,17H2,1-2H3. The summed E-state index contributed by atoms with van der Waals surface area (Å²) in [6, 6.07) is 17.5. The van der Waals surface area contributed by atoms with Crippen molar-refractivity contribution in [3.05, 3.63) is 88.7 Å². The Morgan fingerprint density at radius 2 is 1.81 bits per heavy atom. The van der Waals surface area contributed by atoms with Crippen LogP contribution in [0.4, 0.5) is 10.5 Å². The number of aromatic nitrogens is 1. The van der Waals surface area contributed by atoms with Crippen molar-refractivity contribution in [3.63, 3.8) is 0 Å². The van der Waals surface area contributed by atoms with Crippen LogP contribution in [0.1, 0.15) is 12.0 Å². The number of ether oxygens (including phenoxy) is 2. The van der Waals surface area contributed by atoms with Crippen molar-refractivity contribution in [1.82, 2.24) is 9.88 Å². The van der Waals surface area contributed by atoms with E-state index in [0.717, 1.165) is 23.1 Å². The molecule has 166 valence electrons. The molecule has 0 radical (unpaired) electrons. The topological polar surface area (TPSA) is 94.8 Å². The van der Waals surface area contributed by atoms with Gasteiger partial charge in [-0.3, -0.25) is 15.1 Å². The van der Waals surface area contributed by atoms with E-state index in [4.69, 9.17) is 9.47 Å². The first-order valence-electron chi connectivity index (χ1n) is 10.2. The van der Waals surface area contributed by atoms with Crippen LogP contribution in [0, 0.1) is 10.1 Å². The lowest BCUT2D eigenvalue weighted by atomic mass is 10.0. The van der Waals surface area contributed by atoms with E-state index in [1.165, 1.54) is 19.2 Å². The molecule has 32 heavy (non-hydrogen) atoms. The van der Waals surface area contributed by atoms with Gasteiger partial charge in [-0.15, -0.1) is 0 Å². The van der Waals surface area contributed by atoms with E-state index in [1.807, 2.05) is 42.5 Å². The number of non-ortho nitro benzene ring substituents is 1. The Morgan fingerprint density at radius 1 is 1.09 bits per heavy atom. The molecular formula is C24H25N3O5. The highest BCUT2D eigenvalue weighted by Crippen LogP contribution is 2.26. The normalized spacial score (nSPS) is 11.4. The van der Waals surface area contributed by atoms with Crippen LogP contribution in [0.3, 0.4) is 0 Å². The molecule has 3 aromatic rings. The third-order valence-electron chi connectivity index (χ3n) is 5.21. The molecule has 1 amide bonds. The summed E-state index contributed by atoms with van der Waals surface area (Å²) in [6.45, 7) is 0.298. The SMILES string of the molecule is COC(=O)N(C)C(CCc1ccncc1)COc1ccc(-c2cccc([N+](=O)[O-])c2)cc1. The lowest BCUT2D eigenvalue weighted by molar-refractivity contribution is -0.384. The molecule has 0 bridgehead atoms. The quantitative estimate of drug-likeness (QED) is 0.356. The molecule has 8 heteroatoms. The van der Waals surface area contributed by atoms with E-state index in [0.29, 0.717) is 18.8 Å². The number of amides is 1. The monoisotopic (exact) mass is 435 g/mol. The van der Waals surface area contributed by atoms with Crippen molar-refractivity contribution < 1.29 is 19.2 Å². The summed E-state index contributed by atoms with van der Waals surface area (Å²) in [7, 11) is 3.05. The second-order valence-corrected chi connectivity index (χ2v) is 7.27. The highest BCUT2D eigenvalue weighted by atomic mass is 16.6. The fourth-order valence-corrected chi connectivity index (χ4v) is 3.30. The number of pyridine rings is 1. The number of likely N-dealkylation sites (N-methyl/N-ethyl adjacent to an activating group) is 1. The van der Waals surface area contributed by atoms with E-state index in [-0.39, 0.29) is 11.7 Å². The van der Waals surface area contributed by atoms with Gasteiger partial charge in [-0.2, -0.15) is 0 Å². The Hall–Kier alpha value is -3.94. The Kier molecular flexibility index (Phi) is 7.75. The van der Waals surface area contributed by atoms with Gasteiger partial charge in [0.25, 0.3) is 5.69 Å². The average Bonchev–Trinajstić information content (AvgIpc) is 2.84. The van der Waals surface area contributed by atoms with Gasteiger partial charge in [-0.25, -0.2) is 4.79 Å². The van der Waals surface area contributed by atoms with Crippen molar-refractivity contribution in [2.45, 2.75) is 18.9 Å². The Labute approximate surface area is 186 Å². The lowest BCUT2D eigenvalue weighted by Crippen LogP contribution is -2.41. The van der Waals surface area contributed by atoms with Crippen LogP contribution in [0.15, 0.2) is 73.1 Å². The molecule has 2 aromatic carbocycles. The molecule has 0 aliphatic rings. The molecule has 0 aliphatic carbocycles. The Balaban J connectivity index is 1.66. The van der Waals surface area contributed by atoms with Gasteiger partial charge in [0.15, 0.2) is 0 Å². The van der Waals surface area contributed by atoms with Crippen LogP contribution in [-0.4, -0.2) is 47.7 Å². The number of methoxy groups -OCH3 is 1. The zero-order valence-corrected chi connectivity index (χ0v) is 18.0. The number of hydrogen-bond acceptors (Lipinski definition) is 6. The fourth-order valence-electron chi connectivity index (χ4n) is 3.30. The predicted octanol–water partition coefficient (Wildman–Crippen LogP) is 4.74. The molecule has 1 heterocycles. The van der Waals surface area contributed by atoms with Crippen LogP contribution >= 0.6 is 0 Å². The molecule has 0 saturated heterocycles. The van der Waals surface area contributed by atoms with E-state index in [1.54, 1.807) is 30.4 Å². The van der Waals surface area contributed by atoms with Crippen LogP contribution in [0.2, 0.25) is 0 Å². The van der Waals surface area contributed by atoms with Gasteiger partial charge in [0.1, 0.15) is 12.4 Å². The molecule has 3 rings (SSSR count). The zero-order valence-electron chi connectivity index (χ0n) is 18.0. The molecule has 0 fully saturated rings. The molecule has 8 nitrogen and oxygen atoms in total. The summed E-state index contributed by atoms with van der Waals surface area (Å²) >= 11 is 0. The van der Waals surface area contributed by atoms with Crippen molar-refractivity contribution in [2.75, 3.05) is 20.8 Å². The van der Waals surface area contributed by atoms with Gasteiger partial charge >= 0.3 is 6.09 Å². The zero-order chi connectivity index (χ0) is 22.9. The summed E-state index contributed by atoms with van der Waals surface area (Å²) in [5.74, 6) is 0.645. The molecule has 1 unspecified atom stereocenters. The van der Waals surface area contributed by atoms with E-state index < -0.39 is 11.0 Å². The Morgan fingerprint density at radius 3 is 2.47 bits per heavy atom. The van der Waals surface area contributed by atoms with Gasteiger partial charge in [-0.1, -0.05) is 24.3 Å². The van der Waals surface area contributed by atoms with E-state index >= 15 is 0 Å². The minimum atomic E-state index is -0.422. The second-order valence-electron chi connectivity index (χ2n) is 7.27. The summed E-state index contributed by atoms with van der Waals surface area (Å²) in [5, 5.41) is 11.0. The molecule has 0 saturated carbocycles. The summed E-state index contributed by atoms with van der Waals surface area (Å²) < 4.78 is 10.8. The van der Waals surface area contributed by atoms with E-state index in [2.05, 4.69) is 4.98 Å². The first-order chi connectivity index (χ1) is 15.5. The van der Waals surface area contributed by atoms with Crippen molar-refractivity contribution in [2.24, 2.45) is 0 Å². The number of rotatable bonds is 9. The number of carbonyl (C=O) groups excluding carboxylic acids is 1. The summed E-state index contributed by atoms with van der Waals surface area (Å²) in [5.41, 5.74) is 2.78. The molecular weight excluding hydrogens is 410 g/mol. The van der Waals surface area contributed by atoms with Gasteiger partial charge in [0.2, 0.25) is 0 Å². The van der Waals surface area contributed by atoms with E-state index in [9.17, 15) is 14.9 Å². The largest absolute Gasteiger partial charge is 0.491 e. The summed E-state index contributed by atoms with van der Waals surface area (Å²) in [4.78, 5) is 28.2. The van der Waals surface area contributed by atoms with Crippen LogP contribution in [-0.2, 0) is 11.2 Å². The Bertz CT molecular complexity index is 1040. The first kappa shape index (κ1) is 22.7.